The lowest BCUT2D eigenvalue weighted by atomic mass is 10.1. The first-order chi connectivity index (χ1) is 10.1. The summed E-state index contributed by atoms with van der Waals surface area (Å²) in [4.78, 5) is 0. The van der Waals surface area contributed by atoms with Gasteiger partial charge in [0, 0.05) is 16.6 Å². The number of phenolic OH excluding ortho intramolecular Hbond substituents is 1. The molecule has 0 saturated carbocycles. The van der Waals surface area contributed by atoms with Crippen LogP contribution >= 0.6 is 11.6 Å². The predicted octanol–water partition coefficient (Wildman–Crippen LogP) is 4.30. The van der Waals surface area contributed by atoms with Crippen molar-refractivity contribution in [3.63, 3.8) is 0 Å². The molecule has 1 atom stereocenters. The van der Waals surface area contributed by atoms with Crippen molar-refractivity contribution in [1.82, 2.24) is 5.32 Å². The van der Waals surface area contributed by atoms with Crippen LogP contribution in [0.4, 0.5) is 0 Å². The lowest BCUT2D eigenvalue weighted by Gasteiger charge is -2.18. The average molecular weight is 306 g/mol. The molecular weight excluding hydrogens is 286 g/mol. The molecule has 0 aliphatic rings. The molecule has 112 valence electrons. The van der Waals surface area contributed by atoms with Crippen molar-refractivity contribution >= 4 is 11.6 Å². The van der Waals surface area contributed by atoms with Crippen LogP contribution in [0.1, 0.15) is 31.0 Å². The number of ether oxygens (including phenoxy) is 1. The van der Waals surface area contributed by atoms with E-state index in [-0.39, 0.29) is 11.8 Å². The van der Waals surface area contributed by atoms with Gasteiger partial charge in [-0.15, -0.1) is 0 Å². The van der Waals surface area contributed by atoms with E-state index in [1.165, 1.54) is 0 Å². The molecule has 2 aromatic rings. The smallest absolute Gasteiger partial charge is 0.124 e. The Labute approximate surface area is 130 Å². The molecule has 0 bridgehead atoms. The van der Waals surface area contributed by atoms with E-state index in [9.17, 15) is 5.11 Å². The normalized spacial score (nSPS) is 12.1. The molecule has 0 radical (unpaired) electrons. The van der Waals surface area contributed by atoms with E-state index >= 15 is 0 Å². The molecule has 0 aliphatic carbocycles. The molecule has 0 aliphatic heterocycles. The maximum atomic E-state index is 9.48. The number of aromatic hydroxyl groups is 1. The molecule has 2 aromatic carbocycles. The standard InChI is InChI=1S/C17H20ClNO2/c1-3-19-12(2)16-10-14(18)7-8-17(16)21-11-13-5-4-6-15(20)9-13/h4-10,12,19-20H,3,11H2,1-2H3. The highest BCUT2D eigenvalue weighted by atomic mass is 35.5. The maximum Gasteiger partial charge on any atom is 0.124 e. The fourth-order valence-electron chi connectivity index (χ4n) is 2.21. The van der Waals surface area contributed by atoms with Crippen LogP contribution in [-0.2, 0) is 6.61 Å². The molecule has 0 heterocycles. The van der Waals surface area contributed by atoms with E-state index in [1.807, 2.05) is 24.3 Å². The van der Waals surface area contributed by atoms with Gasteiger partial charge in [-0.05, 0) is 49.4 Å². The molecule has 21 heavy (non-hydrogen) atoms. The van der Waals surface area contributed by atoms with E-state index in [2.05, 4.69) is 19.2 Å². The van der Waals surface area contributed by atoms with Crippen molar-refractivity contribution in [2.75, 3.05) is 6.54 Å². The van der Waals surface area contributed by atoms with Crippen molar-refractivity contribution in [1.29, 1.82) is 0 Å². The summed E-state index contributed by atoms with van der Waals surface area (Å²) in [6.45, 7) is 5.42. The van der Waals surface area contributed by atoms with Crippen molar-refractivity contribution in [3.8, 4) is 11.5 Å². The van der Waals surface area contributed by atoms with E-state index in [4.69, 9.17) is 16.3 Å². The minimum absolute atomic E-state index is 0.160. The van der Waals surface area contributed by atoms with Gasteiger partial charge in [0.1, 0.15) is 18.1 Å². The molecule has 0 spiro atoms. The van der Waals surface area contributed by atoms with Crippen LogP contribution in [0.3, 0.4) is 0 Å². The minimum atomic E-state index is 0.160. The molecule has 2 N–H and O–H groups in total. The Kier molecular flexibility index (Phi) is 5.48. The van der Waals surface area contributed by atoms with Crippen molar-refractivity contribution in [2.24, 2.45) is 0 Å². The third kappa shape index (κ3) is 4.38. The highest BCUT2D eigenvalue weighted by molar-refractivity contribution is 6.30. The number of benzene rings is 2. The zero-order valence-corrected chi connectivity index (χ0v) is 13.0. The van der Waals surface area contributed by atoms with Crippen LogP contribution < -0.4 is 10.1 Å². The molecule has 0 aromatic heterocycles. The van der Waals surface area contributed by atoms with Crippen LogP contribution in [-0.4, -0.2) is 11.7 Å². The van der Waals surface area contributed by atoms with E-state index in [1.54, 1.807) is 18.2 Å². The Morgan fingerprint density at radius 3 is 2.76 bits per heavy atom. The van der Waals surface area contributed by atoms with Crippen LogP contribution in [0.5, 0.6) is 11.5 Å². The Bertz CT molecular complexity index is 601. The summed E-state index contributed by atoms with van der Waals surface area (Å²) in [7, 11) is 0. The van der Waals surface area contributed by atoms with Gasteiger partial charge in [0.15, 0.2) is 0 Å². The van der Waals surface area contributed by atoms with Gasteiger partial charge in [-0.1, -0.05) is 30.7 Å². The number of nitrogens with one attached hydrogen (secondary N) is 1. The van der Waals surface area contributed by atoms with Gasteiger partial charge in [-0.2, -0.15) is 0 Å². The SMILES string of the molecule is CCNC(C)c1cc(Cl)ccc1OCc1cccc(O)c1. The zero-order valence-electron chi connectivity index (χ0n) is 12.3. The van der Waals surface area contributed by atoms with Gasteiger partial charge >= 0.3 is 0 Å². The third-order valence-corrected chi connectivity index (χ3v) is 3.49. The fourth-order valence-corrected chi connectivity index (χ4v) is 2.39. The summed E-state index contributed by atoms with van der Waals surface area (Å²) in [5.74, 6) is 1.05. The Balaban J connectivity index is 2.15. The monoisotopic (exact) mass is 305 g/mol. The second-order valence-electron chi connectivity index (χ2n) is 4.92. The van der Waals surface area contributed by atoms with Gasteiger partial charge in [-0.3, -0.25) is 0 Å². The van der Waals surface area contributed by atoms with Crippen LogP contribution in [0.15, 0.2) is 42.5 Å². The molecule has 3 nitrogen and oxygen atoms in total. The first kappa shape index (κ1) is 15.7. The number of rotatable bonds is 6. The lowest BCUT2D eigenvalue weighted by molar-refractivity contribution is 0.299. The van der Waals surface area contributed by atoms with Crippen molar-refractivity contribution in [2.45, 2.75) is 26.5 Å². The summed E-state index contributed by atoms with van der Waals surface area (Å²) >= 11 is 6.08. The molecule has 1 unspecified atom stereocenters. The number of phenols is 1. The second-order valence-corrected chi connectivity index (χ2v) is 5.36. The van der Waals surface area contributed by atoms with Crippen molar-refractivity contribution in [3.05, 3.63) is 58.6 Å². The molecule has 0 fully saturated rings. The number of halogens is 1. The summed E-state index contributed by atoms with van der Waals surface area (Å²) < 4.78 is 5.89. The predicted molar refractivity (Wildman–Crippen MR) is 86.0 cm³/mol. The molecule has 0 saturated heterocycles. The van der Waals surface area contributed by atoms with E-state index in [0.29, 0.717) is 11.6 Å². The van der Waals surface area contributed by atoms with E-state index < -0.39 is 0 Å². The van der Waals surface area contributed by atoms with E-state index in [0.717, 1.165) is 23.4 Å². The average Bonchev–Trinajstić information content (AvgIpc) is 2.46. The van der Waals surface area contributed by atoms with Crippen LogP contribution in [0, 0.1) is 0 Å². The van der Waals surface area contributed by atoms with Gasteiger partial charge in [0.05, 0.1) is 0 Å². The maximum absolute atomic E-state index is 9.48. The summed E-state index contributed by atoms with van der Waals surface area (Å²) in [6.07, 6.45) is 0. The fraction of sp³-hybridized carbons (Fsp3) is 0.294. The minimum Gasteiger partial charge on any atom is -0.508 e. The number of hydrogen-bond acceptors (Lipinski definition) is 3. The Hall–Kier alpha value is -1.71. The highest BCUT2D eigenvalue weighted by Crippen LogP contribution is 2.29. The largest absolute Gasteiger partial charge is 0.508 e. The first-order valence-corrected chi connectivity index (χ1v) is 7.41. The summed E-state index contributed by atoms with van der Waals surface area (Å²) in [6, 6.07) is 12.9. The Morgan fingerprint density at radius 2 is 2.05 bits per heavy atom. The lowest BCUT2D eigenvalue weighted by Crippen LogP contribution is -2.18. The topological polar surface area (TPSA) is 41.5 Å². The van der Waals surface area contributed by atoms with Gasteiger partial charge in [0.2, 0.25) is 0 Å². The first-order valence-electron chi connectivity index (χ1n) is 7.03. The third-order valence-electron chi connectivity index (χ3n) is 3.25. The highest BCUT2D eigenvalue weighted by Gasteiger charge is 2.12. The van der Waals surface area contributed by atoms with Crippen LogP contribution in [0.2, 0.25) is 5.02 Å². The number of hydrogen-bond donors (Lipinski definition) is 2. The summed E-state index contributed by atoms with van der Waals surface area (Å²) in [5.41, 5.74) is 1.96. The summed E-state index contributed by atoms with van der Waals surface area (Å²) in [5, 5.41) is 13.5. The van der Waals surface area contributed by atoms with Gasteiger partial charge in [0.25, 0.3) is 0 Å². The molecule has 4 heteroatoms. The quantitative estimate of drug-likeness (QED) is 0.836. The molecule has 0 amide bonds. The second kappa shape index (κ2) is 7.34. The van der Waals surface area contributed by atoms with Crippen LogP contribution in [0.25, 0.3) is 0 Å². The zero-order chi connectivity index (χ0) is 15.2. The van der Waals surface area contributed by atoms with Gasteiger partial charge in [-0.25, -0.2) is 0 Å². The van der Waals surface area contributed by atoms with Crippen molar-refractivity contribution < 1.29 is 9.84 Å². The molecule has 2 rings (SSSR count). The Morgan fingerprint density at radius 1 is 1.24 bits per heavy atom. The van der Waals surface area contributed by atoms with Gasteiger partial charge < -0.3 is 15.2 Å². The molecular formula is C17H20ClNO2.